The average Bonchev–Trinajstić information content (AvgIpc) is 2.71. The van der Waals surface area contributed by atoms with Gasteiger partial charge < -0.3 is 14.8 Å². The van der Waals surface area contributed by atoms with Gasteiger partial charge in [0.25, 0.3) is 5.91 Å². The number of hydrogen-bond acceptors (Lipinski definition) is 4. The van der Waals surface area contributed by atoms with Crippen LogP contribution in [0.5, 0.6) is 11.5 Å². The lowest BCUT2D eigenvalue weighted by atomic mass is 10.1. The Balaban J connectivity index is 2.28. The molecule has 0 saturated heterocycles. The summed E-state index contributed by atoms with van der Waals surface area (Å²) in [6.07, 6.45) is 2.21. The summed E-state index contributed by atoms with van der Waals surface area (Å²) in [5, 5.41) is 13.4. The number of benzene rings is 2. The standard InChI is InChI=1S/C22H21Cl3N2O3/c1-4-13(2)27-22(28)16(11-26)7-14-8-19(25)21(20(9-14)29-3)30-12-15-5-6-17(23)10-18(15)24/h5-10,13H,4,12H2,1-3H3,(H,27,28)/b16-7+/t13-/m1/s1. The number of carbonyl (C=O) groups excluding carboxylic acids is 1. The van der Waals surface area contributed by atoms with E-state index in [1.165, 1.54) is 13.2 Å². The fourth-order valence-corrected chi connectivity index (χ4v) is 3.21. The van der Waals surface area contributed by atoms with Crippen LogP contribution < -0.4 is 14.8 Å². The lowest BCUT2D eigenvalue weighted by molar-refractivity contribution is -0.117. The van der Waals surface area contributed by atoms with Gasteiger partial charge >= 0.3 is 0 Å². The van der Waals surface area contributed by atoms with Crippen LogP contribution in [0.4, 0.5) is 0 Å². The first-order valence-electron chi connectivity index (χ1n) is 9.15. The molecular weight excluding hydrogens is 447 g/mol. The minimum Gasteiger partial charge on any atom is -0.493 e. The maximum absolute atomic E-state index is 12.3. The number of rotatable bonds is 8. The van der Waals surface area contributed by atoms with Crippen LogP contribution >= 0.6 is 34.8 Å². The molecule has 2 rings (SSSR count). The van der Waals surface area contributed by atoms with Gasteiger partial charge in [-0.1, -0.05) is 47.8 Å². The van der Waals surface area contributed by atoms with E-state index in [1.54, 1.807) is 30.3 Å². The van der Waals surface area contributed by atoms with Crippen molar-refractivity contribution in [1.82, 2.24) is 5.32 Å². The number of halogens is 3. The van der Waals surface area contributed by atoms with Crippen molar-refractivity contribution in [3.8, 4) is 17.6 Å². The van der Waals surface area contributed by atoms with Crippen molar-refractivity contribution >= 4 is 46.8 Å². The molecule has 5 nitrogen and oxygen atoms in total. The molecule has 8 heteroatoms. The summed E-state index contributed by atoms with van der Waals surface area (Å²) in [6, 6.07) is 10.2. The molecule has 0 saturated carbocycles. The van der Waals surface area contributed by atoms with E-state index < -0.39 is 5.91 Å². The van der Waals surface area contributed by atoms with Crippen molar-refractivity contribution in [1.29, 1.82) is 5.26 Å². The maximum Gasteiger partial charge on any atom is 0.262 e. The second-order valence-electron chi connectivity index (χ2n) is 6.51. The molecule has 0 fully saturated rings. The second-order valence-corrected chi connectivity index (χ2v) is 7.76. The predicted molar refractivity (Wildman–Crippen MR) is 120 cm³/mol. The van der Waals surface area contributed by atoms with Gasteiger partial charge in [0.1, 0.15) is 18.2 Å². The Kier molecular flexibility index (Phi) is 8.86. The van der Waals surface area contributed by atoms with Crippen molar-refractivity contribution < 1.29 is 14.3 Å². The Morgan fingerprint density at radius 1 is 1.23 bits per heavy atom. The number of ether oxygens (including phenoxy) is 2. The highest BCUT2D eigenvalue weighted by Crippen LogP contribution is 2.38. The van der Waals surface area contributed by atoms with E-state index >= 15 is 0 Å². The fraction of sp³-hybridized carbons (Fsp3) is 0.273. The summed E-state index contributed by atoms with van der Waals surface area (Å²) in [6.45, 7) is 3.97. The highest BCUT2D eigenvalue weighted by Gasteiger charge is 2.15. The van der Waals surface area contributed by atoms with Gasteiger partial charge in [0.05, 0.1) is 12.1 Å². The molecule has 1 atom stereocenters. The summed E-state index contributed by atoms with van der Waals surface area (Å²) >= 11 is 18.5. The van der Waals surface area contributed by atoms with E-state index in [9.17, 15) is 10.1 Å². The Labute approximate surface area is 191 Å². The minimum absolute atomic E-state index is 0.0324. The minimum atomic E-state index is -0.445. The first kappa shape index (κ1) is 23.9. The fourth-order valence-electron chi connectivity index (χ4n) is 2.47. The average molecular weight is 468 g/mol. The summed E-state index contributed by atoms with van der Waals surface area (Å²) in [5.74, 6) is 0.239. The van der Waals surface area contributed by atoms with E-state index in [0.717, 1.165) is 12.0 Å². The van der Waals surface area contributed by atoms with Gasteiger partial charge in [-0.05, 0) is 49.2 Å². The predicted octanol–water partition coefficient (Wildman–Crippen LogP) is 6.06. The zero-order valence-electron chi connectivity index (χ0n) is 16.8. The molecule has 0 heterocycles. The number of hydrogen-bond donors (Lipinski definition) is 1. The molecule has 0 aromatic heterocycles. The van der Waals surface area contributed by atoms with Crippen LogP contribution in [-0.4, -0.2) is 19.1 Å². The number of methoxy groups -OCH3 is 1. The first-order chi connectivity index (χ1) is 14.3. The van der Waals surface area contributed by atoms with E-state index in [4.69, 9.17) is 44.3 Å². The van der Waals surface area contributed by atoms with Crippen LogP contribution in [0.15, 0.2) is 35.9 Å². The van der Waals surface area contributed by atoms with Gasteiger partial charge in [-0.25, -0.2) is 0 Å². The van der Waals surface area contributed by atoms with Crippen molar-refractivity contribution in [3.63, 3.8) is 0 Å². The number of nitriles is 1. The van der Waals surface area contributed by atoms with Crippen LogP contribution in [0.1, 0.15) is 31.4 Å². The quantitative estimate of drug-likeness (QED) is 0.378. The molecule has 0 spiro atoms. The van der Waals surface area contributed by atoms with Gasteiger partial charge in [-0.2, -0.15) is 5.26 Å². The Morgan fingerprint density at radius 3 is 2.57 bits per heavy atom. The number of carbonyl (C=O) groups is 1. The van der Waals surface area contributed by atoms with E-state index in [1.807, 2.05) is 19.9 Å². The number of nitrogens with one attached hydrogen (secondary N) is 1. The SMILES string of the molecule is CC[C@@H](C)NC(=O)/C(C#N)=C/c1cc(Cl)c(OCc2ccc(Cl)cc2Cl)c(OC)c1. The molecule has 0 aliphatic rings. The largest absolute Gasteiger partial charge is 0.493 e. The molecule has 30 heavy (non-hydrogen) atoms. The van der Waals surface area contributed by atoms with Gasteiger partial charge in [0.15, 0.2) is 11.5 Å². The molecule has 2 aromatic rings. The highest BCUT2D eigenvalue weighted by atomic mass is 35.5. The zero-order chi connectivity index (χ0) is 22.3. The zero-order valence-corrected chi connectivity index (χ0v) is 19.0. The van der Waals surface area contributed by atoms with Crippen molar-refractivity contribution in [3.05, 3.63) is 62.1 Å². The van der Waals surface area contributed by atoms with E-state index in [0.29, 0.717) is 27.1 Å². The van der Waals surface area contributed by atoms with Crippen molar-refractivity contribution in [2.24, 2.45) is 0 Å². The Morgan fingerprint density at radius 2 is 1.97 bits per heavy atom. The molecule has 0 radical (unpaired) electrons. The van der Waals surface area contributed by atoms with Crippen LogP contribution in [0, 0.1) is 11.3 Å². The van der Waals surface area contributed by atoms with Crippen molar-refractivity contribution in [2.45, 2.75) is 32.9 Å². The third kappa shape index (κ3) is 6.30. The molecular formula is C22H21Cl3N2O3. The third-order valence-electron chi connectivity index (χ3n) is 4.30. The van der Waals surface area contributed by atoms with Crippen LogP contribution in [0.25, 0.3) is 6.08 Å². The summed E-state index contributed by atoms with van der Waals surface area (Å²) in [5.41, 5.74) is 1.23. The monoisotopic (exact) mass is 466 g/mol. The topological polar surface area (TPSA) is 71.4 Å². The van der Waals surface area contributed by atoms with Crippen molar-refractivity contribution in [2.75, 3.05) is 7.11 Å². The molecule has 0 unspecified atom stereocenters. The second kappa shape index (κ2) is 11.1. The molecule has 0 bridgehead atoms. The number of nitrogens with zero attached hydrogens (tertiary/aromatic N) is 1. The molecule has 1 amide bonds. The number of amides is 1. The molecule has 158 valence electrons. The Hall–Kier alpha value is -2.39. The van der Waals surface area contributed by atoms with E-state index in [2.05, 4.69) is 5.32 Å². The lowest BCUT2D eigenvalue weighted by Gasteiger charge is -2.14. The highest BCUT2D eigenvalue weighted by molar-refractivity contribution is 6.35. The normalized spacial score (nSPS) is 12.1. The first-order valence-corrected chi connectivity index (χ1v) is 10.3. The molecule has 0 aliphatic heterocycles. The maximum atomic E-state index is 12.3. The van der Waals surface area contributed by atoms with Crippen LogP contribution in [0.3, 0.4) is 0 Å². The Bertz CT molecular complexity index is 1000. The molecule has 1 N–H and O–H groups in total. The lowest BCUT2D eigenvalue weighted by Crippen LogP contribution is -2.32. The third-order valence-corrected chi connectivity index (χ3v) is 5.17. The molecule has 2 aromatic carbocycles. The van der Waals surface area contributed by atoms with Crippen LogP contribution in [-0.2, 0) is 11.4 Å². The van der Waals surface area contributed by atoms with Crippen LogP contribution in [0.2, 0.25) is 15.1 Å². The summed E-state index contributed by atoms with van der Waals surface area (Å²) < 4.78 is 11.2. The van der Waals surface area contributed by atoms with E-state index in [-0.39, 0.29) is 23.2 Å². The van der Waals surface area contributed by atoms with Gasteiger partial charge in [0.2, 0.25) is 0 Å². The molecule has 0 aliphatic carbocycles. The van der Waals surface area contributed by atoms with Gasteiger partial charge in [-0.15, -0.1) is 0 Å². The van der Waals surface area contributed by atoms with Gasteiger partial charge in [0, 0.05) is 21.7 Å². The smallest absolute Gasteiger partial charge is 0.262 e. The summed E-state index contributed by atoms with van der Waals surface area (Å²) in [7, 11) is 1.47. The van der Waals surface area contributed by atoms with Gasteiger partial charge in [-0.3, -0.25) is 4.79 Å². The summed E-state index contributed by atoms with van der Waals surface area (Å²) in [4.78, 5) is 12.3.